The molecule has 0 unspecified atom stereocenters. The van der Waals surface area contributed by atoms with Gasteiger partial charge in [-0.05, 0) is 6.92 Å². The molecule has 0 aliphatic rings. The first-order valence-electron chi connectivity index (χ1n) is 10.2. The van der Waals surface area contributed by atoms with Gasteiger partial charge < -0.3 is 4.79 Å². The van der Waals surface area contributed by atoms with Crippen LogP contribution >= 0.6 is 0 Å². The van der Waals surface area contributed by atoms with E-state index in [1.807, 2.05) is 41.5 Å². The summed E-state index contributed by atoms with van der Waals surface area (Å²) in [6, 6.07) is 0. The highest BCUT2D eigenvalue weighted by Gasteiger charge is 1.90. The van der Waals surface area contributed by atoms with Crippen LogP contribution in [0.2, 0.25) is 0 Å². The highest BCUT2D eigenvalue weighted by molar-refractivity contribution is 5.44. The summed E-state index contributed by atoms with van der Waals surface area (Å²) in [6.07, 6.45) is 16.7. The van der Waals surface area contributed by atoms with Gasteiger partial charge in [0.2, 0.25) is 0 Å². The molecule has 1 nitrogen and oxygen atoms in total. The van der Waals surface area contributed by atoms with E-state index in [9.17, 15) is 0 Å². The van der Waals surface area contributed by atoms with Crippen LogP contribution in [0, 0.1) is 0 Å². The molecule has 0 heterocycles. The van der Waals surface area contributed by atoms with E-state index in [-0.39, 0.29) is 0 Å². The maximum Gasteiger partial charge on any atom is 0.116 e. The largest absolute Gasteiger partial charge is 0.304 e. The number of rotatable bonds is 10. The van der Waals surface area contributed by atoms with Crippen molar-refractivity contribution in [2.75, 3.05) is 0 Å². The maximum atomic E-state index is 8.81. The first-order valence-corrected chi connectivity index (χ1v) is 10.2. The molecule has 0 saturated heterocycles. The second kappa shape index (κ2) is 58.7. The zero-order valence-corrected chi connectivity index (χ0v) is 17.8. The Morgan fingerprint density at radius 2 is 0.636 bits per heavy atom. The van der Waals surface area contributed by atoms with E-state index in [4.69, 9.17) is 4.79 Å². The first kappa shape index (κ1) is 33.3. The Labute approximate surface area is 144 Å². The van der Waals surface area contributed by atoms with Gasteiger partial charge in [0.15, 0.2) is 0 Å². The SMILES string of the molecule is CC.CC.CC.CC=O.CCCCCCCCCCCCC. The quantitative estimate of drug-likeness (QED) is 0.291. The standard InChI is InChI=1S/C13H28.C2H4O.3C2H6/c1-3-5-7-9-11-13-12-10-8-6-4-2;1-2-3;3*1-2/h3-13H2,1-2H3;2H,1H3;3*1-2H3. The minimum atomic E-state index is 0.750. The lowest BCUT2D eigenvalue weighted by atomic mass is 10.1. The monoisotopic (exact) mass is 318 g/mol. The lowest BCUT2D eigenvalue weighted by Gasteiger charge is -2.00. The van der Waals surface area contributed by atoms with Crippen LogP contribution in [0.25, 0.3) is 0 Å². The highest BCUT2D eigenvalue weighted by Crippen LogP contribution is 2.10. The molecule has 0 aromatic carbocycles. The fourth-order valence-corrected chi connectivity index (χ4v) is 1.74. The van der Waals surface area contributed by atoms with Crippen molar-refractivity contribution in [1.29, 1.82) is 0 Å². The molecule has 0 N–H and O–H groups in total. The molecule has 0 fully saturated rings. The van der Waals surface area contributed by atoms with Crippen molar-refractivity contribution in [3.05, 3.63) is 0 Å². The van der Waals surface area contributed by atoms with Crippen LogP contribution in [0.1, 0.15) is 133 Å². The van der Waals surface area contributed by atoms with Gasteiger partial charge in [0.05, 0.1) is 0 Å². The maximum absolute atomic E-state index is 8.81. The Bertz CT molecular complexity index is 100. The highest BCUT2D eigenvalue weighted by atomic mass is 16.1. The van der Waals surface area contributed by atoms with Gasteiger partial charge in [-0.25, -0.2) is 0 Å². The predicted molar refractivity (Wildman–Crippen MR) is 108 cm³/mol. The predicted octanol–water partition coefficient (Wildman–Crippen LogP) is 8.60. The topological polar surface area (TPSA) is 17.1 Å². The number of aldehydes is 1. The fraction of sp³-hybridized carbons (Fsp3) is 0.952. The molecule has 0 aliphatic carbocycles. The molecular weight excluding hydrogens is 268 g/mol. The number of unbranched alkanes of at least 4 members (excludes halogenated alkanes) is 10. The number of carbonyl (C=O) groups excluding carboxylic acids is 1. The van der Waals surface area contributed by atoms with Gasteiger partial charge in [0, 0.05) is 0 Å². The van der Waals surface area contributed by atoms with Crippen LogP contribution < -0.4 is 0 Å². The third-order valence-corrected chi connectivity index (χ3v) is 2.71. The van der Waals surface area contributed by atoms with E-state index in [2.05, 4.69) is 13.8 Å². The van der Waals surface area contributed by atoms with Crippen LogP contribution in [-0.4, -0.2) is 6.29 Å². The molecule has 0 saturated carbocycles. The van der Waals surface area contributed by atoms with Crippen molar-refractivity contribution in [3.63, 3.8) is 0 Å². The van der Waals surface area contributed by atoms with E-state index in [1.54, 1.807) is 0 Å². The molecular formula is C21H50O. The Kier molecular flexibility index (Phi) is 88.9. The van der Waals surface area contributed by atoms with Crippen LogP contribution in [0.5, 0.6) is 0 Å². The average Bonchev–Trinajstić information content (AvgIpc) is 2.60. The zero-order chi connectivity index (χ0) is 18.5. The minimum absolute atomic E-state index is 0.750. The van der Waals surface area contributed by atoms with Crippen molar-refractivity contribution < 1.29 is 4.79 Å². The van der Waals surface area contributed by atoms with E-state index in [1.165, 1.54) is 77.6 Å². The van der Waals surface area contributed by atoms with E-state index in [0.29, 0.717) is 0 Å². The normalized spacial score (nSPS) is 7.68. The molecule has 0 amide bonds. The molecule has 0 radical (unpaired) electrons. The van der Waals surface area contributed by atoms with Crippen LogP contribution in [-0.2, 0) is 4.79 Å². The van der Waals surface area contributed by atoms with Gasteiger partial charge >= 0.3 is 0 Å². The summed E-state index contributed by atoms with van der Waals surface area (Å²) in [4.78, 5) is 8.81. The summed E-state index contributed by atoms with van der Waals surface area (Å²) < 4.78 is 0. The molecule has 0 aromatic heterocycles. The van der Waals surface area contributed by atoms with E-state index in [0.717, 1.165) is 6.29 Å². The summed E-state index contributed by atoms with van der Waals surface area (Å²) in [7, 11) is 0. The van der Waals surface area contributed by atoms with Crippen molar-refractivity contribution >= 4 is 6.29 Å². The summed E-state index contributed by atoms with van der Waals surface area (Å²) >= 11 is 0. The molecule has 0 spiro atoms. The summed E-state index contributed by atoms with van der Waals surface area (Å²) in [6.45, 7) is 18.0. The summed E-state index contributed by atoms with van der Waals surface area (Å²) in [5.41, 5.74) is 0. The van der Waals surface area contributed by atoms with Crippen molar-refractivity contribution in [1.82, 2.24) is 0 Å². The molecule has 0 aliphatic heterocycles. The molecule has 0 rings (SSSR count). The van der Waals surface area contributed by atoms with Crippen molar-refractivity contribution in [3.8, 4) is 0 Å². The Morgan fingerprint density at radius 1 is 0.500 bits per heavy atom. The minimum Gasteiger partial charge on any atom is -0.304 e. The lowest BCUT2D eigenvalue weighted by molar-refractivity contribution is -0.106. The smallest absolute Gasteiger partial charge is 0.116 e. The molecule has 0 atom stereocenters. The average molecular weight is 319 g/mol. The van der Waals surface area contributed by atoms with E-state index >= 15 is 0 Å². The second-order valence-electron chi connectivity index (χ2n) is 4.42. The molecule has 1 heteroatoms. The zero-order valence-electron chi connectivity index (χ0n) is 17.8. The molecule has 0 aromatic rings. The fourth-order valence-electron chi connectivity index (χ4n) is 1.74. The number of hydrogen-bond acceptors (Lipinski definition) is 1. The van der Waals surface area contributed by atoms with E-state index < -0.39 is 0 Å². The van der Waals surface area contributed by atoms with Crippen LogP contribution in [0.15, 0.2) is 0 Å². The summed E-state index contributed by atoms with van der Waals surface area (Å²) in [5.74, 6) is 0. The van der Waals surface area contributed by atoms with Gasteiger partial charge in [-0.15, -0.1) is 0 Å². The molecule has 0 bridgehead atoms. The Morgan fingerprint density at radius 3 is 0.773 bits per heavy atom. The van der Waals surface area contributed by atoms with Crippen molar-refractivity contribution in [2.45, 2.75) is 133 Å². The number of hydrogen-bond donors (Lipinski definition) is 0. The third kappa shape index (κ3) is 73.3. The van der Waals surface area contributed by atoms with Gasteiger partial charge in [-0.2, -0.15) is 0 Å². The second-order valence-corrected chi connectivity index (χ2v) is 4.42. The molecule has 22 heavy (non-hydrogen) atoms. The third-order valence-electron chi connectivity index (χ3n) is 2.71. The van der Waals surface area contributed by atoms with Crippen LogP contribution in [0.3, 0.4) is 0 Å². The lowest BCUT2D eigenvalue weighted by Crippen LogP contribution is -1.80. The van der Waals surface area contributed by atoms with Crippen LogP contribution in [0.4, 0.5) is 0 Å². The van der Waals surface area contributed by atoms with Gasteiger partial charge in [0.25, 0.3) is 0 Å². The number of carbonyl (C=O) groups is 1. The summed E-state index contributed by atoms with van der Waals surface area (Å²) in [5, 5.41) is 0. The van der Waals surface area contributed by atoms with Crippen molar-refractivity contribution in [2.24, 2.45) is 0 Å². The Hall–Kier alpha value is -0.330. The molecule has 140 valence electrons. The van der Waals surface area contributed by atoms with Gasteiger partial charge in [0.1, 0.15) is 6.29 Å². The van der Waals surface area contributed by atoms with Gasteiger partial charge in [-0.1, -0.05) is 126 Å². The van der Waals surface area contributed by atoms with Gasteiger partial charge in [-0.3, -0.25) is 0 Å². The first-order chi connectivity index (χ1) is 10.8. The Balaban J connectivity index is -0.0000000900.